The maximum Gasteiger partial charge on any atom is 0.335 e. The fourth-order valence-corrected chi connectivity index (χ4v) is 2.55. The van der Waals surface area contributed by atoms with Crippen LogP contribution in [0.3, 0.4) is 0 Å². The summed E-state index contributed by atoms with van der Waals surface area (Å²) < 4.78 is 29.6. The fourth-order valence-electron chi connectivity index (χ4n) is 2.00. The Bertz CT molecular complexity index is 639. The normalized spacial score (nSPS) is 14.0. The Balaban J connectivity index is 3.06. The molecule has 0 aliphatic heterocycles. The van der Waals surface area contributed by atoms with Crippen molar-refractivity contribution in [3.8, 4) is 0 Å². The summed E-state index contributed by atoms with van der Waals surface area (Å²) in [5.41, 5.74) is -0.402. The molecule has 1 aromatic carbocycles. The van der Waals surface area contributed by atoms with Crippen molar-refractivity contribution >= 4 is 28.9 Å². The van der Waals surface area contributed by atoms with Crippen molar-refractivity contribution in [2.24, 2.45) is 0 Å². The lowest BCUT2D eigenvalue weighted by Crippen LogP contribution is -2.48. The molecule has 0 amide bonds. The Kier molecular flexibility index (Phi) is 7.09. The molecule has 8 nitrogen and oxygen atoms in total. The Labute approximate surface area is 149 Å². The van der Waals surface area contributed by atoms with Gasteiger partial charge >= 0.3 is 11.9 Å². The molecule has 0 fully saturated rings. The van der Waals surface area contributed by atoms with E-state index in [-0.39, 0.29) is 17.8 Å². The first-order valence-corrected chi connectivity index (χ1v) is 8.55. The molecule has 9 heteroatoms. The van der Waals surface area contributed by atoms with Crippen LogP contribution in [0.5, 0.6) is 0 Å². The van der Waals surface area contributed by atoms with Gasteiger partial charge < -0.3 is 18.7 Å². The zero-order valence-corrected chi connectivity index (χ0v) is 15.7. The van der Waals surface area contributed by atoms with Crippen LogP contribution < -0.4 is 4.31 Å². The summed E-state index contributed by atoms with van der Waals surface area (Å²) in [6, 6.07) is 4.53. The number of carbonyl (C=O) groups excluding carboxylic acids is 1. The van der Waals surface area contributed by atoms with Crippen LogP contribution in [0.15, 0.2) is 24.3 Å². The maximum absolute atomic E-state index is 12.4. The molecule has 0 spiro atoms. The number of anilines is 1. The standard InChI is InChI=1S/C16H24N2O6S/c1-16(2,3)24-15(21)13(17(4)5)10-18(25(22)23)12-8-6-11(7-9-12)14(19)20/h6-9,13H,10H2,1-5H3,(H,19,20)(H,22,23)/p-1. The number of benzene rings is 1. The van der Waals surface area contributed by atoms with E-state index in [2.05, 4.69) is 0 Å². The highest BCUT2D eigenvalue weighted by Crippen LogP contribution is 2.19. The first-order valence-electron chi connectivity index (χ1n) is 7.52. The predicted octanol–water partition coefficient (Wildman–Crippen LogP) is 1.26. The van der Waals surface area contributed by atoms with Crippen LogP contribution in [0.2, 0.25) is 0 Å². The van der Waals surface area contributed by atoms with Gasteiger partial charge in [-0.25, -0.2) is 4.79 Å². The van der Waals surface area contributed by atoms with Crippen molar-refractivity contribution in [1.82, 2.24) is 4.90 Å². The smallest absolute Gasteiger partial charge is 0.335 e. The van der Waals surface area contributed by atoms with Gasteiger partial charge in [0.25, 0.3) is 0 Å². The number of aromatic carboxylic acids is 1. The molecule has 2 unspecified atom stereocenters. The summed E-state index contributed by atoms with van der Waals surface area (Å²) >= 11 is -2.65. The van der Waals surface area contributed by atoms with E-state index >= 15 is 0 Å². The molecule has 0 aromatic heterocycles. The number of carboxylic acids is 1. The summed E-state index contributed by atoms with van der Waals surface area (Å²) in [5.74, 6) is -1.66. The zero-order valence-electron chi connectivity index (χ0n) is 14.9. The number of carbonyl (C=O) groups is 2. The number of esters is 1. The Morgan fingerprint density at radius 1 is 1.24 bits per heavy atom. The van der Waals surface area contributed by atoms with Crippen LogP contribution in [0, 0.1) is 0 Å². The third kappa shape index (κ3) is 6.45. The molecule has 0 aliphatic rings. The molecule has 2 atom stereocenters. The lowest BCUT2D eigenvalue weighted by molar-refractivity contribution is -0.160. The second-order valence-electron chi connectivity index (χ2n) is 6.64. The molecule has 1 N–H and O–H groups in total. The monoisotopic (exact) mass is 371 g/mol. The number of ether oxygens (including phenoxy) is 1. The summed E-state index contributed by atoms with van der Waals surface area (Å²) in [7, 11) is 3.29. The fraction of sp³-hybridized carbons (Fsp3) is 0.500. The second-order valence-corrected chi connectivity index (χ2v) is 7.52. The van der Waals surface area contributed by atoms with Gasteiger partial charge in [-0.3, -0.25) is 13.9 Å². The van der Waals surface area contributed by atoms with E-state index in [1.54, 1.807) is 39.8 Å². The number of hydrogen-bond acceptors (Lipinski definition) is 6. The molecule has 0 heterocycles. The molecule has 1 aromatic rings. The molecule has 0 bridgehead atoms. The first kappa shape index (κ1) is 21.1. The average molecular weight is 371 g/mol. The van der Waals surface area contributed by atoms with Crippen LogP contribution in [0.4, 0.5) is 5.69 Å². The molecular weight excluding hydrogens is 348 g/mol. The van der Waals surface area contributed by atoms with Crippen molar-refractivity contribution in [3.05, 3.63) is 29.8 Å². The molecule has 25 heavy (non-hydrogen) atoms. The topological polar surface area (TPSA) is 110 Å². The van der Waals surface area contributed by atoms with Gasteiger partial charge in [-0.15, -0.1) is 0 Å². The van der Waals surface area contributed by atoms with Crippen LogP contribution >= 0.6 is 0 Å². The number of likely N-dealkylation sites (N-methyl/N-ethyl adjacent to an activating group) is 1. The highest BCUT2D eigenvalue weighted by Gasteiger charge is 2.29. The summed E-state index contributed by atoms with van der Waals surface area (Å²) in [6.07, 6.45) is 0. The van der Waals surface area contributed by atoms with Gasteiger partial charge in [0.15, 0.2) is 0 Å². The lowest BCUT2D eigenvalue weighted by atomic mass is 10.1. The van der Waals surface area contributed by atoms with E-state index in [0.717, 1.165) is 4.31 Å². The highest BCUT2D eigenvalue weighted by molar-refractivity contribution is 7.80. The van der Waals surface area contributed by atoms with E-state index in [4.69, 9.17) is 9.84 Å². The third-order valence-electron chi connectivity index (χ3n) is 3.22. The van der Waals surface area contributed by atoms with Crippen LogP contribution in [0.1, 0.15) is 31.1 Å². The molecule has 0 radical (unpaired) electrons. The minimum atomic E-state index is -2.65. The van der Waals surface area contributed by atoms with Crippen molar-refractivity contribution < 1.29 is 28.2 Å². The van der Waals surface area contributed by atoms with Gasteiger partial charge in [0, 0.05) is 17.0 Å². The zero-order chi connectivity index (χ0) is 19.4. The van der Waals surface area contributed by atoms with Crippen molar-refractivity contribution in [3.63, 3.8) is 0 Å². The second kappa shape index (κ2) is 8.41. The average Bonchev–Trinajstić information content (AvgIpc) is 2.45. The SMILES string of the molecule is CN(C)C(CN(c1ccc(C(=O)O)cc1)S(=O)[O-])C(=O)OC(C)(C)C. The quantitative estimate of drug-likeness (QED) is 0.567. The Morgan fingerprint density at radius 3 is 2.12 bits per heavy atom. The van der Waals surface area contributed by atoms with E-state index in [1.165, 1.54) is 24.3 Å². The summed E-state index contributed by atoms with van der Waals surface area (Å²) in [6.45, 7) is 5.02. The number of hydrogen-bond donors (Lipinski definition) is 1. The van der Waals surface area contributed by atoms with Gasteiger partial charge in [-0.1, -0.05) is 0 Å². The lowest BCUT2D eigenvalue weighted by Gasteiger charge is -2.33. The summed E-state index contributed by atoms with van der Waals surface area (Å²) in [5, 5.41) is 8.92. The van der Waals surface area contributed by atoms with E-state index < -0.39 is 34.8 Å². The van der Waals surface area contributed by atoms with Gasteiger partial charge in [-0.2, -0.15) is 0 Å². The van der Waals surface area contributed by atoms with E-state index in [9.17, 15) is 18.4 Å². The Hall–Kier alpha value is -1.97. The molecule has 1 rings (SSSR count). The van der Waals surface area contributed by atoms with Gasteiger partial charge in [-0.05, 0) is 59.1 Å². The maximum atomic E-state index is 12.4. The van der Waals surface area contributed by atoms with Gasteiger partial charge in [0.1, 0.15) is 11.6 Å². The van der Waals surface area contributed by atoms with Crippen molar-refractivity contribution in [2.75, 3.05) is 24.9 Å². The first-order chi connectivity index (χ1) is 11.4. The van der Waals surface area contributed by atoms with Crippen molar-refractivity contribution in [2.45, 2.75) is 32.4 Å². The minimum Gasteiger partial charge on any atom is -0.755 e. The van der Waals surface area contributed by atoms with E-state index in [1.807, 2.05) is 0 Å². The van der Waals surface area contributed by atoms with Crippen LogP contribution in [-0.2, 0) is 20.8 Å². The van der Waals surface area contributed by atoms with Crippen LogP contribution in [0.25, 0.3) is 0 Å². The molecule has 0 saturated carbocycles. The molecular formula is C16H23N2O6S-. The number of carboxylic acid groups (broad SMARTS) is 1. The molecule has 0 aliphatic carbocycles. The van der Waals surface area contributed by atoms with Gasteiger partial charge in [0.05, 0.1) is 12.1 Å². The van der Waals surface area contributed by atoms with Crippen molar-refractivity contribution in [1.29, 1.82) is 0 Å². The number of nitrogens with zero attached hydrogens (tertiary/aromatic N) is 2. The number of rotatable bonds is 7. The Morgan fingerprint density at radius 2 is 1.76 bits per heavy atom. The van der Waals surface area contributed by atoms with Crippen LogP contribution in [-0.4, -0.2) is 63.0 Å². The van der Waals surface area contributed by atoms with Gasteiger partial charge in [0.2, 0.25) is 0 Å². The summed E-state index contributed by atoms with van der Waals surface area (Å²) in [4.78, 5) is 24.8. The third-order valence-corrected chi connectivity index (χ3v) is 3.94. The predicted molar refractivity (Wildman–Crippen MR) is 93.0 cm³/mol. The molecule has 0 saturated heterocycles. The molecule has 140 valence electrons. The largest absolute Gasteiger partial charge is 0.755 e. The minimum absolute atomic E-state index is 0.0386. The highest BCUT2D eigenvalue weighted by atomic mass is 32.2. The van der Waals surface area contributed by atoms with E-state index in [0.29, 0.717) is 0 Å².